The highest BCUT2D eigenvalue weighted by molar-refractivity contribution is 5.84. The first kappa shape index (κ1) is 14.9. The molecule has 20 heavy (non-hydrogen) atoms. The molecule has 2 aromatic rings. The van der Waals surface area contributed by atoms with Gasteiger partial charge in [0.25, 0.3) is 0 Å². The van der Waals surface area contributed by atoms with Gasteiger partial charge in [-0.2, -0.15) is 0 Å². The first-order valence-electron chi connectivity index (χ1n) is 7.44. The maximum Gasteiger partial charge on any atom is 0.119 e. The third-order valence-electron chi connectivity index (χ3n) is 3.92. The Morgan fingerprint density at radius 2 is 1.75 bits per heavy atom. The van der Waals surface area contributed by atoms with Gasteiger partial charge in [0, 0.05) is 12.6 Å². The van der Waals surface area contributed by atoms with Crippen molar-refractivity contribution in [1.82, 2.24) is 5.32 Å². The highest BCUT2D eigenvalue weighted by Gasteiger charge is 2.09. The van der Waals surface area contributed by atoms with Crippen LogP contribution in [-0.2, 0) is 6.54 Å². The van der Waals surface area contributed by atoms with Crippen molar-refractivity contribution in [3.05, 3.63) is 42.0 Å². The van der Waals surface area contributed by atoms with E-state index in [1.54, 1.807) is 7.11 Å². The molecule has 0 saturated heterocycles. The molecule has 2 heteroatoms. The molecule has 0 amide bonds. The van der Waals surface area contributed by atoms with E-state index in [1.165, 1.54) is 22.8 Å². The number of methoxy groups -OCH3 is 1. The molecule has 1 N–H and O–H groups in total. The summed E-state index contributed by atoms with van der Waals surface area (Å²) in [6.45, 7) is 7.71. The van der Waals surface area contributed by atoms with E-state index in [0.29, 0.717) is 12.0 Å². The number of hydrogen-bond donors (Lipinski definition) is 1. The lowest BCUT2D eigenvalue weighted by Crippen LogP contribution is -2.32. The Hall–Kier alpha value is -1.54. The van der Waals surface area contributed by atoms with Crippen LogP contribution in [0, 0.1) is 5.92 Å². The summed E-state index contributed by atoms with van der Waals surface area (Å²) in [5.74, 6) is 1.58. The first-order valence-corrected chi connectivity index (χ1v) is 7.44. The highest BCUT2D eigenvalue weighted by atomic mass is 16.5. The lowest BCUT2D eigenvalue weighted by molar-refractivity contribution is 0.387. The van der Waals surface area contributed by atoms with Gasteiger partial charge in [0.1, 0.15) is 5.75 Å². The molecule has 0 fully saturated rings. The molecule has 2 aromatic carbocycles. The number of benzene rings is 2. The molecule has 0 spiro atoms. The van der Waals surface area contributed by atoms with Crippen LogP contribution in [0.2, 0.25) is 0 Å². The normalized spacial score (nSPS) is 12.8. The van der Waals surface area contributed by atoms with Gasteiger partial charge in [0.2, 0.25) is 0 Å². The monoisotopic (exact) mass is 271 g/mol. The van der Waals surface area contributed by atoms with Crippen molar-refractivity contribution in [3.8, 4) is 5.75 Å². The Bertz CT molecular complexity index is 562. The zero-order valence-electron chi connectivity index (χ0n) is 12.9. The Labute approximate surface area is 122 Å². The number of ether oxygens (including phenoxy) is 1. The fourth-order valence-electron chi connectivity index (χ4n) is 2.61. The molecule has 0 aliphatic carbocycles. The van der Waals surface area contributed by atoms with Crippen molar-refractivity contribution in [1.29, 1.82) is 0 Å². The van der Waals surface area contributed by atoms with Crippen LogP contribution in [0.3, 0.4) is 0 Å². The van der Waals surface area contributed by atoms with Gasteiger partial charge in [-0.3, -0.25) is 0 Å². The Kier molecular flexibility index (Phi) is 5.02. The van der Waals surface area contributed by atoms with E-state index in [0.717, 1.165) is 12.3 Å². The largest absolute Gasteiger partial charge is 0.497 e. The van der Waals surface area contributed by atoms with Gasteiger partial charge in [-0.05, 0) is 46.9 Å². The third-order valence-corrected chi connectivity index (χ3v) is 3.92. The summed E-state index contributed by atoms with van der Waals surface area (Å²) in [5.41, 5.74) is 1.33. The van der Waals surface area contributed by atoms with Crippen LogP contribution in [0.15, 0.2) is 36.4 Å². The Balaban J connectivity index is 2.12. The van der Waals surface area contributed by atoms with Crippen molar-refractivity contribution >= 4 is 10.8 Å². The fourth-order valence-corrected chi connectivity index (χ4v) is 2.61. The van der Waals surface area contributed by atoms with Crippen molar-refractivity contribution in [3.63, 3.8) is 0 Å². The van der Waals surface area contributed by atoms with Gasteiger partial charge in [0.05, 0.1) is 7.11 Å². The van der Waals surface area contributed by atoms with Crippen LogP contribution >= 0.6 is 0 Å². The van der Waals surface area contributed by atoms with Crippen LogP contribution < -0.4 is 10.1 Å². The SMILES string of the molecule is CCC(NCc1ccc2cc(OC)ccc2c1)C(C)C. The molecule has 0 bridgehead atoms. The van der Waals surface area contributed by atoms with E-state index >= 15 is 0 Å². The minimum atomic E-state index is 0.585. The standard InChI is InChI=1S/C18H25NO/c1-5-18(13(2)3)19-12-14-6-7-16-11-17(20-4)9-8-15(16)10-14/h6-11,13,18-19H,5,12H2,1-4H3. The summed E-state index contributed by atoms with van der Waals surface area (Å²) in [7, 11) is 1.70. The molecule has 0 aromatic heterocycles. The summed E-state index contributed by atoms with van der Waals surface area (Å²) >= 11 is 0. The molecule has 1 atom stereocenters. The highest BCUT2D eigenvalue weighted by Crippen LogP contribution is 2.22. The number of fused-ring (bicyclic) bond motifs is 1. The molecule has 0 radical (unpaired) electrons. The maximum atomic E-state index is 5.26. The molecule has 0 heterocycles. The molecule has 2 rings (SSSR count). The fraction of sp³-hybridized carbons (Fsp3) is 0.444. The molecule has 0 aliphatic heterocycles. The van der Waals surface area contributed by atoms with Gasteiger partial charge in [-0.1, -0.05) is 39.0 Å². The van der Waals surface area contributed by atoms with E-state index in [-0.39, 0.29) is 0 Å². The van der Waals surface area contributed by atoms with Crippen LogP contribution in [0.1, 0.15) is 32.8 Å². The Morgan fingerprint density at radius 1 is 1.05 bits per heavy atom. The lowest BCUT2D eigenvalue weighted by atomic mass is 10.0. The predicted octanol–water partition coefficient (Wildman–Crippen LogP) is 4.37. The van der Waals surface area contributed by atoms with E-state index in [1.807, 2.05) is 6.07 Å². The van der Waals surface area contributed by atoms with Crippen molar-refractivity contribution in [2.24, 2.45) is 5.92 Å². The van der Waals surface area contributed by atoms with Gasteiger partial charge >= 0.3 is 0 Å². The Morgan fingerprint density at radius 3 is 2.40 bits per heavy atom. The van der Waals surface area contributed by atoms with E-state index in [4.69, 9.17) is 4.74 Å². The summed E-state index contributed by atoms with van der Waals surface area (Å²) in [6.07, 6.45) is 1.17. The quantitative estimate of drug-likeness (QED) is 0.842. The molecule has 108 valence electrons. The van der Waals surface area contributed by atoms with Crippen LogP contribution in [0.25, 0.3) is 10.8 Å². The minimum Gasteiger partial charge on any atom is -0.497 e. The molecule has 2 nitrogen and oxygen atoms in total. The van der Waals surface area contributed by atoms with Crippen molar-refractivity contribution in [2.75, 3.05) is 7.11 Å². The lowest BCUT2D eigenvalue weighted by Gasteiger charge is -2.20. The average Bonchev–Trinajstić information content (AvgIpc) is 2.46. The second-order valence-electron chi connectivity index (χ2n) is 5.69. The second-order valence-corrected chi connectivity index (χ2v) is 5.69. The second kappa shape index (κ2) is 6.76. The summed E-state index contributed by atoms with van der Waals surface area (Å²) < 4.78 is 5.26. The van der Waals surface area contributed by atoms with Crippen LogP contribution in [-0.4, -0.2) is 13.2 Å². The maximum absolute atomic E-state index is 5.26. The molecule has 0 saturated carbocycles. The third kappa shape index (κ3) is 3.51. The molecule has 0 aliphatic rings. The number of nitrogens with one attached hydrogen (secondary N) is 1. The van der Waals surface area contributed by atoms with Crippen LogP contribution in [0.4, 0.5) is 0 Å². The smallest absolute Gasteiger partial charge is 0.119 e. The van der Waals surface area contributed by atoms with Crippen molar-refractivity contribution < 1.29 is 4.74 Å². The molecule has 1 unspecified atom stereocenters. The van der Waals surface area contributed by atoms with E-state index in [9.17, 15) is 0 Å². The molecular weight excluding hydrogens is 246 g/mol. The summed E-state index contributed by atoms with van der Waals surface area (Å²) in [6, 6.07) is 13.4. The summed E-state index contributed by atoms with van der Waals surface area (Å²) in [4.78, 5) is 0. The molecular formula is C18H25NO. The minimum absolute atomic E-state index is 0.585. The van der Waals surface area contributed by atoms with Crippen LogP contribution in [0.5, 0.6) is 5.75 Å². The topological polar surface area (TPSA) is 21.3 Å². The number of rotatable bonds is 6. The number of hydrogen-bond acceptors (Lipinski definition) is 2. The van der Waals surface area contributed by atoms with Gasteiger partial charge < -0.3 is 10.1 Å². The predicted molar refractivity (Wildman–Crippen MR) is 86.3 cm³/mol. The van der Waals surface area contributed by atoms with Gasteiger partial charge in [0.15, 0.2) is 0 Å². The first-order chi connectivity index (χ1) is 9.63. The van der Waals surface area contributed by atoms with Gasteiger partial charge in [-0.25, -0.2) is 0 Å². The van der Waals surface area contributed by atoms with E-state index < -0.39 is 0 Å². The average molecular weight is 271 g/mol. The zero-order valence-corrected chi connectivity index (χ0v) is 12.9. The zero-order chi connectivity index (χ0) is 14.5. The van der Waals surface area contributed by atoms with Gasteiger partial charge in [-0.15, -0.1) is 0 Å². The van der Waals surface area contributed by atoms with E-state index in [2.05, 4.69) is 56.4 Å². The van der Waals surface area contributed by atoms with Crippen molar-refractivity contribution in [2.45, 2.75) is 39.8 Å². The summed E-state index contributed by atoms with van der Waals surface area (Å²) in [5, 5.41) is 6.14.